The van der Waals surface area contributed by atoms with Gasteiger partial charge in [-0.05, 0) is 12.8 Å². The van der Waals surface area contributed by atoms with Crippen molar-refractivity contribution in [1.29, 1.82) is 0 Å². The van der Waals surface area contributed by atoms with Gasteiger partial charge in [0.25, 0.3) is 0 Å². The molecular formula is C45H92O13. The van der Waals surface area contributed by atoms with Crippen LogP contribution < -0.4 is 0 Å². The first-order valence-electron chi connectivity index (χ1n) is 23.4. The second-order valence-electron chi connectivity index (χ2n) is 14.3. The Kier molecular flexibility index (Phi) is 56.0. The van der Waals surface area contributed by atoms with Crippen molar-refractivity contribution in [2.45, 2.75) is 123 Å². The van der Waals surface area contributed by atoms with Gasteiger partial charge in [0.2, 0.25) is 0 Å². The van der Waals surface area contributed by atoms with E-state index in [1.165, 1.54) is 96.3 Å². The molecule has 0 aromatic carbocycles. The molecule has 0 fully saturated rings. The smallest absolute Gasteiger partial charge is 0.0701 e. The van der Waals surface area contributed by atoms with Crippen molar-refractivity contribution in [2.75, 3.05) is 172 Å². The fourth-order valence-corrected chi connectivity index (χ4v) is 5.59. The van der Waals surface area contributed by atoms with E-state index in [9.17, 15) is 0 Å². The molecule has 0 heterocycles. The monoisotopic (exact) mass is 841 g/mol. The number of hydrogen-bond acceptors (Lipinski definition) is 13. The summed E-state index contributed by atoms with van der Waals surface area (Å²) in [6, 6.07) is 0. The third kappa shape index (κ3) is 55.5. The predicted molar refractivity (Wildman–Crippen MR) is 230 cm³/mol. The van der Waals surface area contributed by atoms with Crippen molar-refractivity contribution in [3.8, 4) is 0 Å². The van der Waals surface area contributed by atoms with E-state index in [1.807, 2.05) is 0 Å². The molecule has 0 saturated carbocycles. The van der Waals surface area contributed by atoms with Crippen molar-refractivity contribution < 1.29 is 61.6 Å². The van der Waals surface area contributed by atoms with E-state index >= 15 is 0 Å². The Morgan fingerprint density at radius 1 is 0.138 bits per heavy atom. The van der Waals surface area contributed by atoms with E-state index in [-0.39, 0.29) is 0 Å². The van der Waals surface area contributed by atoms with Crippen LogP contribution in [0.4, 0.5) is 0 Å². The van der Waals surface area contributed by atoms with Gasteiger partial charge in [-0.1, -0.05) is 110 Å². The molecule has 0 radical (unpaired) electrons. The van der Waals surface area contributed by atoms with Crippen LogP contribution in [0.3, 0.4) is 0 Å². The first kappa shape index (κ1) is 57.5. The fraction of sp³-hybridized carbons (Fsp3) is 1.00. The molecule has 0 aromatic rings. The maximum Gasteiger partial charge on any atom is 0.0701 e. The Labute approximate surface area is 355 Å². The molecule has 0 aliphatic rings. The zero-order chi connectivity index (χ0) is 41.6. The van der Waals surface area contributed by atoms with E-state index in [0.717, 1.165) is 26.1 Å². The van der Waals surface area contributed by atoms with E-state index in [4.69, 9.17) is 61.6 Å². The maximum atomic E-state index is 5.69. The molecule has 0 saturated heterocycles. The summed E-state index contributed by atoms with van der Waals surface area (Å²) in [6.07, 6.45) is 22.8. The van der Waals surface area contributed by atoms with Crippen molar-refractivity contribution >= 4 is 0 Å². The van der Waals surface area contributed by atoms with Gasteiger partial charge in [0.05, 0.1) is 159 Å². The summed E-state index contributed by atoms with van der Waals surface area (Å²) >= 11 is 0. The van der Waals surface area contributed by atoms with Crippen molar-refractivity contribution in [3.63, 3.8) is 0 Å². The van der Waals surface area contributed by atoms with Crippen LogP contribution >= 0.6 is 0 Å². The molecule has 0 atom stereocenters. The minimum atomic E-state index is 0.517. The second kappa shape index (κ2) is 56.5. The largest absolute Gasteiger partial charge is 0.379 e. The summed E-state index contributed by atoms with van der Waals surface area (Å²) in [5, 5.41) is 0. The number of rotatable bonds is 55. The highest BCUT2D eigenvalue weighted by Crippen LogP contribution is 2.13. The summed E-state index contributed by atoms with van der Waals surface area (Å²) in [7, 11) is 0. The minimum absolute atomic E-state index is 0.517. The topological polar surface area (TPSA) is 120 Å². The molecule has 0 N–H and O–H groups in total. The molecule has 0 bridgehead atoms. The highest BCUT2D eigenvalue weighted by Gasteiger charge is 1.98. The van der Waals surface area contributed by atoms with Gasteiger partial charge in [-0.25, -0.2) is 0 Å². The van der Waals surface area contributed by atoms with Crippen LogP contribution in [0.2, 0.25) is 0 Å². The van der Waals surface area contributed by atoms with Gasteiger partial charge in [-0.3, -0.25) is 0 Å². The van der Waals surface area contributed by atoms with Crippen LogP contribution in [-0.4, -0.2) is 172 Å². The molecule has 0 amide bonds. The lowest BCUT2D eigenvalue weighted by Crippen LogP contribution is -2.15. The van der Waals surface area contributed by atoms with Crippen LogP contribution in [0.25, 0.3) is 0 Å². The summed E-state index contributed by atoms with van der Waals surface area (Å²) in [4.78, 5) is 0. The first-order chi connectivity index (χ1) is 28.9. The van der Waals surface area contributed by atoms with Crippen molar-refractivity contribution in [1.82, 2.24) is 0 Å². The summed E-state index contributed by atoms with van der Waals surface area (Å²) in [5.74, 6) is 0. The average Bonchev–Trinajstić information content (AvgIpc) is 3.23. The third-order valence-corrected chi connectivity index (χ3v) is 9.00. The van der Waals surface area contributed by atoms with Gasteiger partial charge in [0.1, 0.15) is 0 Å². The molecule has 13 heteroatoms. The minimum Gasteiger partial charge on any atom is -0.379 e. The molecule has 0 spiro atoms. The molecule has 350 valence electrons. The molecule has 0 rings (SSSR count). The maximum absolute atomic E-state index is 5.69. The molecule has 58 heavy (non-hydrogen) atoms. The van der Waals surface area contributed by atoms with Gasteiger partial charge in [0, 0.05) is 13.2 Å². The Bertz CT molecular complexity index is 639. The third-order valence-electron chi connectivity index (χ3n) is 9.00. The Morgan fingerprint density at radius 3 is 0.448 bits per heavy atom. The molecular weight excluding hydrogens is 748 g/mol. The zero-order valence-electron chi connectivity index (χ0n) is 37.7. The molecule has 0 aliphatic heterocycles. The molecule has 13 nitrogen and oxygen atoms in total. The van der Waals surface area contributed by atoms with Crippen LogP contribution in [0.5, 0.6) is 0 Å². The van der Waals surface area contributed by atoms with E-state index < -0.39 is 0 Å². The quantitative estimate of drug-likeness (QED) is 0.0553. The standard InChI is InChI=1S/C45H92O13/c1-3-5-7-8-9-10-11-12-13-14-15-16-17-19-21-47-23-25-49-27-29-51-31-33-53-35-37-55-39-41-57-43-45-58-44-42-56-40-38-54-36-34-52-32-30-50-28-26-48-24-22-46-20-18-6-4-2/h3-45H2,1-2H3. The van der Waals surface area contributed by atoms with Gasteiger partial charge in [-0.2, -0.15) is 0 Å². The van der Waals surface area contributed by atoms with Crippen LogP contribution in [-0.2, 0) is 61.6 Å². The van der Waals surface area contributed by atoms with E-state index in [0.29, 0.717) is 159 Å². The highest BCUT2D eigenvalue weighted by atomic mass is 16.6. The summed E-state index contributed by atoms with van der Waals surface area (Å²) in [6.45, 7) is 19.3. The Morgan fingerprint density at radius 2 is 0.259 bits per heavy atom. The lowest BCUT2D eigenvalue weighted by atomic mass is 10.0. The SMILES string of the molecule is CCCCCCCCCCCCCCCCOCCOCCOCCOCCOCCOCCOCCOCCOCCOCCOCCOCCOCCCCC. The molecule has 0 aliphatic carbocycles. The van der Waals surface area contributed by atoms with Crippen LogP contribution in [0.1, 0.15) is 123 Å². The lowest BCUT2D eigenvalue weighted by Gasteiger charge is -2.09. The number of ether oxygens (including phenoxy) is 13. The fourth-order valence-electron chi connectivity index (χ4n) is 5.59. The summed E-state index contributed by atoms with van der Waals surface area (Å²) in [5.41, 5.74) is 0. The van der Waals surface area contributed by atoms with Crippen molar-refractivity contribution in [3.05, 3.63) is 0 Å². The van der Waals surface area contributed by atoms with Crippen LogP contribution in [0, 0.1) is 0 Å². The van der Waals surface area contributed by atoms with Crippen molar-refractivity contribution in [2.24, 2.45) is 0 Å². The van der Waals surface area contributed by atoms with E-state index in [1.54, 1.807) is 0 Å². The molecule has 0 unspecified atom stereocenters. The van der Waals surface area contributed by atoms with Crippen LogP contribution in [0.15, 0.2) is 0 Å². The van der Waals surface area contributed by atoms with Gasteiger partial charge in [0.15, 0.2) is 0 Å². The average molecular weight is 841 g/mol. The first-order valence-corrected chi connectivity index (χ1v) is 23.4. The highest BCUT2D eigenvalue weighted by molar-refractivity contribution is 4.50. The van der Waals surface area contributed by atoms with Gasteiger partial charge in [-0.15, -0.1) is 0 Å². The number of hydrogen-bond donors (Lipinski definition) is 0. The Hall–Kier alpha value is -0.520. The normalized spacial score (nSPS) is 11.7. The molecule has 0 aromatic heterocycles. The van der Waals surface area contributed by atoms with Gasteiger partial charge < -0.3 is 61.6 Å². The second-order valence-corrected chi connectivity index (χ2v) is 14.3. The van der Waals surface area contributed by atoms with Gasteiger partial charge >= 0.3 is 0 Å². The zero-order valence-corrected chi connectivity index (χ0v) is 37.7. The predicted octanol–water partition coefficient (Wildman–Crippen LogP) is 7.87. The van der Waals surface area contributed by atoms with E-state index in [2.05, 4.69) is 13.8 Å². The Balaban J connectivity index is 3.05. The lowest BCUT2D eigenvalue weighted by molar-refractivity contribution is -0.0290. The number of unbranched alkanes of at least 4 members (excludes halogenated alkanes) is 15. The summed E-state index contributed by atoms with van der Waals surface area (Å²) < 4.78 is 71.9.